The third-order valence-electron chi connectivity index (χ3n) is 4.46. The maximum Gasteiger partial charge on any atom is 0.307 e. The van der Waals surface area contributed by atoms with Gasteiger partial charge in [-0.15, -0.1) is 0 Å². The minimum absolute atomic E-state index is 0.0820. The first-order valence-corrected chi connectivity index (χ1v) is 8.04. The minimum atomic E-state index is -0.973. The summed E-state index contributed by atoms with van der Waals surface area (Å²) in [6, 6.07) is 6.82. The molecule has 0 radical (unpaired) electrons. The van der Waals surface area contributed by atoms with Crippen molar-refractivity contribution in [3.8, 4) is 0 Å². The van der Waals surface area contributed by atoms with Crippen LogP contribution in [0.1, 0.15) is 16.8 Å². The van der Waals surface area contributed by atoms with Crippen LogP contribution < -0.4 is 10.9 Å². The Bertz CT molecular complexity index is 703. The van der Waals surface area contributed by atoms with Crippen LogP contribution in [-0.2, 0) is 9.59 Å². The molecule has 0 spiro atoms. The zero-order chi connectivity index (χ0) is 16.6. The van der Waals surface area contributed by atoms with Gasteiger partial charge >= 0.3 is 5.97 Å². The Balaban J connectivity index is 1.66. The summed E-state index contributed by atoms with van der Waals surface area (Å²) in [4.78, 5) is 35.8. The lowest BCUT2D eigenvalue weighted by Crippen LogP contribution is -2.48. The topological polar surface area (TPSA) is 95.5 Å². The second kappa shape index (κ2) is 6.16. The number of fused-ring (bicyclic) bond motifs is 2. The van der Waals surface area contributed by atoms with Crippen molar-refractivity contribution < 1.29 is 19.5 Å². The Morgan fingerprint density at radius 1 is 1.04 bits per heavy atom. The van der Waals surface area contributed by atoms with Crippen molar-refractivity contribution in [2.45, 2.75) is 6.42 Å². The highest BCUT2D eigenvalue weighted by Gasteiger charge is 2.51. The van der Waals surface area contributed by atoms with E-state index in [0.717, 1.165) is 0 Å². The van der Waals surface area contributed by atoms with Crippen LogP contribution in [-0.4, -0.2) is 22.9 Å². The number of halogens is 1. The smallest absolute Gasteiger partial charge is 0.307 e. The lowest BCUT2D eigenvalue weighted by Gasteiger charge is -2.23. The summed E-state index contributed by atoms with van der Waals surface area (Å²) >= 11 is 3.26. The number of hydrogen-bond acceptors (Lipinski definition) is 3. The van der Waals surface area contributed by atoms with Gasteiger partial charge in [-0.25, -0.2) is 0 Å². The number of carboxylic acid groups (broad SMARTS) is 1. The first-order valence-electron chi connectivity index (χ1n) is 7.25. The van der Waals surface area contributed by atoms with E-state index in [4.69, 9.17) is 0 Å². The van der Waals surface area contributed by atoms with E-state index >= 15 is 0 Å². The summed E-state index contributed by atoms with van der Waals surface area (Å²) in [6.45, 7) is 0. The number of allylic oxidation sites excluding steroid dienone is 2. The van der Waals surface area contributed by atoms with Crippen molar-refractivity contribution in [1.29, 1.82) is 0 Å². The average Bonchev–Trinajstić information content (AvgIpc) is 3.13. The van der Waals surface area contributed by atoms with Gasteiger partial charge in [0.05, 0.1) is 17.4 Å². The fraction of sp³-hybridized carbons (Fsp3) is 0.312. The molecule has 1 fully saturated rings. The van der Waals surface area contributed by atoms with Crippen molar-refractivity contribution >= 4 is 33.7 Å². The first kappa shape index (κ1) is 15.7. The molecule has 0 heterocycles. The van der Waals surface area contributed by atoms with Crippen molar-refractivity contribution in [1.82, 2.24) is 10.9 Å². The fourth-order valence-electron chi connectivity index (χ4n) is 3.43. The number of rotatable bonds is 3. The van der Waals surface area contributed by atoms with Gasteiger partial charge in [-0.3, -0.25) is 25.2 Å². The van der Waals surface area contributed by atoms with Crippen LogP contribution in [0.25, 0.3) is 0 Å². The molecular weight excluding hydrogens is 364 g/mol. The molecule has 120 valence electrons. The maximum absolute atomic E-state index is 12.3. The van der Waals surface area contributed by atoms with E-state index in [9.17, 15) is 19.5 Å². The number of carbonyl (C=O) groups excluding carboxylic acids is 2. The number of carboxylic acids is 1. The van der Waals surface area contributed by atoms with Crippen molar-refractivity contribution in [3.05, 3.63) is 46.5 Å². The number of carbonyl (C=O) groups is 3. The second-order valence-electron chi connectivity index (χ2n) is 5.76. The third-order valence-corrected chi connectivity index (χ3v) is 5.16. The molecule has 3 N–H and O–H groups in total. The Morgan fingerprint density at radius 2 is 1.70 bits per heavy atom. The molecular formula is C16H15BrN2O4. The second-order valence-corrected chi connectivity index (χ2v) is 6.62. The maximum atomic E-state index is 12.3. The van der Waals surface area contributed by atoms with Gasteiger partial charge in [-0.2, -0.15) is 0 Å². The number of hydrogen-bond donors (Lipinski definition) is 3. The normalized spacial score (nSPS) is 27.7. The van der Waals surface area contributed by atoms with Gasteiger partial charge in [-0.05, 0) is 46.3 Å². The van der Waals surface area contributed by atoms with Gasteiger partial charge < -0.3 is 5.11 Å². The van der Waals surface area contributed by atoms with Crippen LogP contribution in [0, 0.1) is 23.7 Å². The fourth-order valence-corrected chi connectivity index (χ4v) is 3.90. The Morgan fingerprint density at radius 3 is 2.35 bits per heavy atom. The summed E-state index contributed by atoms with van der Waals surface area (Å²) in [7, 11) is 0. The lowest BCUT2D eigenvalue weighted by atomic mass is 9.82. The van der Waals surface area contributed by atoms with Crippen LogP contribution in [0.4, 0.5) is 0 Å². The lowest BCUT2D eigenvalue weighted by molar-refractivity contribution is -0.148. The first-order chi connectivity index (χ1) is 11.0. The number of benzene rings is 1. The van der Waals surface area contributed by atoms with Crippen LogP contribution in [0.5, 0.6) is 0 Å². The summed E-state index contributed by atoms with van der Waals surface area (Å²) in [5.74, 6) is -3.47. The molecule has 1 saturated carbocycles. The summed E-state index contributed by atoms with van der Waals surface area (Å²) in [5.41, 5.74) is 5.10. The predicted octanol–water partition coefficient (Wildman–Crippen LogP) is 1.73. The van der Waals surface area contributed by atoms with Crippen molar-refractivity contribution in [2.75, 3.05) is 0 Å². The molecule has 7 heteroatoms. The molecule has 4 atom stereocenters. The Labute approximate surface area is 141 Å². The van der Waals surface area contributed by atoms with E-state index in [-0.39, 0.29) is 11.8 Å². The van der Waals surface area contributed by atoms with Crippen LogP contribution in [0.15, 0.2) is 40.9 Å². The monoisotopic (exact) mass is 378 g/mol. The van der Waals surface area contributed by atoms with Crippen LogP contribution in [0.3, 0.4) is 0 Å². The van der Waals surface area contributed by atoms with Crippen LogP contribution >= 0.6 is 15.9 Å². The van der Waals surface area contributed by atoms with Crippen molar-refractivity contribution in [2.24, 2.45) is 23.7 Å². The predicted molar refractivity (Wildman–Crippen MR) is 85.1 cm³/mol. The van der Waals surface area contributed by atoms with Gasteiger partial charge in [0.1, 0.15) is 0 Å². The zero-order valence-electron chi connectivity index (χ0n) is 12.0. The largest absolute Gasteiger partial charge is 0.481 e. The van der Waals surface area contributed by atoms with Crippen molar-refractivity contribution in [3.63, 3.8) is 0 Å². The molecule has 0 aliphatic heterocycles. The van der Waals surface area contributed by atoms with E-state index in [1.165, 1.54) is 0 Å². The zero-order valence-corrected chi connectivity index (χ0v) is 13.6. The van der Waals surface area contributed by atoms with E-state index in [1.54, 1.807) is 24.3 Å². The third kappa shape index (κ3) is 2.88. The van der Waals surface area contributed by atoms with Crippen LogP contribution in [0.2, 0.25) is 0 Å². The summed E-state index contributed by atoms with van der Waals surface area (Å²) in [5, 5.41) is 9.34. The molecule has 3 rings (SSSR count). The van der Waals surface area contributed by atoms with Gasteiger partial charge in [0.25, 0.3) is 5.91 Å². The molecule has 2 aliphatic rings. The molecule has 0 saturated heterocycles. The van der Waals surface area contributed by atoms with Gasteiger partial charge in [0.2, 0.25) is 5.91 Å². The summed E-state index contributed by atoms with van der Waals surface area (Å²) in [6.07, 6.45) is 4.43. The number of hydrazine groups is 1. The number of aliphatic carboxylic acids is 1. The van der Waals surface area contributed by atoms with Gasteiger partial charge in [-0.1, -0.05) is 24.3 Å². The molecule has 2 aliphatic carbocycles. The Hall–Kier alpha value is -2.15. The number of amides is 2. The molecule has 1 aromatic carbocycles. The van der Waals surface area contributed by atoms with E-state index in [1.807, 2.05) is 12.2 Å². The van der Waals surface area contributed by atoms with E-state index in [2.05, 4.69) is 26.8 Å². The Kier molecular flexibility index (Phi) is 4.21. The quantitative estimate of drug-likeness (QED) is 0.551. The minimum Gasteiger partial charge on any atom is -0.481 e. The summed E-state index contributed by atoms with van der Waals surface area (Å²) < 4.78 is 0.609. The average molecular weight is 379 g/mol. The molecule has 2 bridgehead atoms. The SMILES string of the molecule is O=C(NNC(=O)[C@@H]1[C@@H](C(=O)O)[C@H]2C=C[C@@H]1C2)c1ccccc1Br. The highest BCUT2D eigenvalue weighted by atomic mass is 79.9. The molecule has 6 nitrogen and oxygen atoms in total. The van der Waals surface area contributed by atoms with E-state index in [0.29, 0.717) is 16.5 Å². The molecule has 0 aromatic heterocycles. The molecule has 1 aromatic rings. The molecule has 23 heavy (non-hydrogen) atoms. The number of nitrogens with one attached hydrogen (secondary N) is 2. The molecule has 2 amide bonds. The van der Waals surface area contributed by atoms with Gasteiger partial charge in [0, 0.05) is 4.47 Å². The molecule has 0 unspecified atom stereocenters. The standard InChI is InChI=1S/C16H15BrN2O4/c17-11-4-2-1-3-10(11)14(20)18-19-15(21)12-8-5-6-9(7-8)13(12)16(22)23/h1-6,8-9,12-13H,7H2,(H,18,20)(H,19,21)(H,22,23)/t8-,9+,12+,13+/m1/s1. The highest BCUT2D eigenvalue weighted by molar-refractivity contribution is 9.10. The highest BCUT2D eigenvalue weighted by Crippen LogP contribution is 2.48. The van der Waals surface area contributed by atoms with E-state index < -0.39 is 29.6 Å². The van der Waals surface area contributed by atoms with Gasteiger partial charge in [0.15, 0.2) is 0 Å².